The molecule has 8 heavy (non-hydrogen) atoms. The molecule has 0 amide bonds. The number of rotatable bonds is 3. The monoisotopic (exact) mass is 118 g/mol. The topological polar surface area (TPSA) is 60.7 Å². The summed E-state index contributed by atoms with van der Waals surface area (Å²) in [5.41, 5.74) is 0. The van der Waals surface area contributed by atoms with Crippen molar-refractivity contribution in [2.45, 2.75) is 12.2 Å². The van der Waals surface area contributed by atoms with Crippen LogP contribution in [0.5, 0.6) is 0 Å². The minimum atomic E-state index is -1.09. The van der Waals surface area contributed by atoms with E-state index < -0.39 is 18.8 Å². The summed E-state index contributed by atoms with van der Waals surface area (Å²) in [6.07, 6.45) is -0.937. The summed E-state index contributed by atoms with van der Waals surface area (Å²) in [4.78, 5) is 0. The van der Waals surface area contributed by atoms with Crippen molar-refractivity contribution in [3.8, 4) is 0 Å². The van der Waals surface area contributed by atoms with Crippen molar-refractivity contribution in [1.82, 2.24) is 0 Å². The van der Waals surface area contributed by atoms with Gasteiger partial charge in [-0.05, 0) is 0 Å². The van der Waals surface area contributed by atoms with E-state index in [0.29, 0.717) is 0 Å². The van der Waals surface area contributed by atoms with Crippen LogP contribution in [0.4, 0.5) is 0 Å². The van der Waals surface area contributed by atoms with Crippen LogP contribution in [0.1, 0.15) is 0 Å². The molecule has 0 aliphatic carbocycles. The lowest BCUT2D eigenvalue weighted by atomic mass is 10.2. The Labute approximate surface area is 47.9 Å². The molecule has 0 heterocycles. The molecule has 3 N–H and O–H groups in total. The van der Waals surface area contributed by atoms with Gasteiger partial charge in [-0.1, -0.05) is 6.08 Å². The molecule has 0 radical (unpaired) electrons. The lowest BCUT2D eigenvalue weighted by Gasteiger charge is -2.09. The van der Waals surface area contributed by atoms with Crippen LogP contribution in [-0.4, -0.2) is 34.1 Å². The molecule has 0 saturated carbocycles. The van der Waals surface area contributed by atoms with Gasteiger partial charge in [-0.3, -0.25) is 0 Å². The first-order valence-corrected chi connectivity index (χ1v) is 2.32. The highest BCUT2D eigenvalue weighted by atomic mass is 16.4. The molecule has 0 unspecified atom stereocenters. The summed E-state index contributed by atoms with van der Waals surface area (Å²) >= 11 is 0. The molecule has 0 bridgehead atoms. The number of hydrogen-bond donors (Lipinski definition) is 3. The minimum Gasteiger partial charge on any atom is -0.394 e. The quantitative estimate of drug-likeness (QED) is 0.412. The van der Waals surface area contributed by atoms with Gasteiger partial charge < -0.3 is 15.3 Å². The van der Waals surface area contributed by atoms with Crippen molar-refractivity contribution in [1.29, 1.82) is 0 Å². The zero-order valence-electron chi connectivity index (χ0n) is 4.49. The molecule has 0 fully saturated rings. The fourth-order valence-corrected chi connectivity index (χ4v) is 0.265. The predicted octanol–water partition coefficient (Wildman–Crippen LogP) is -1.11. The Morgan fingerprint density at radius 3 is 2.12 bits per heavy atom. The summed E-state index contributed by atoms with van der Waals surface area (Å²) in [6.45, 7) is 2.77. The fraction of sp³-hybridized carbons (Fsp3) is 0.600. The van der Waals surface area contributed by atoms with E-state index in [-0.39, 0.29) is 0 Å². The largest absolute Gasteiger partial charge is 0.394 e. The van der Waals surface area contributed by atoms with Crippen molar-refractivity contribution in [3.63, 3.8) is 0 Å². The summed E-state index contributed by atoms with van der Waals surface area (Å²) < 4.78 is 0. The van der Waals surface area contributed by atoms with E-state index in [2.05, 4.69) is 6.58 Å². The van der Waals surface area contributed by atoms with E-state index in [0.717, 1.165) is 0 Å². The van der Waals surface area contributed by atoms with Crippen molar-refractivity contribution in [2.75, 3.05) is 6.61 Å². The smallest absolute Gasteiger partial charge is 0.106 e. The highest BCUT2D eigenvalue weighted by Gasteiger charge is 2.09. The van der Waals surface area contributed by atoms with Crippen LogP contribution in [-0.2, 0) is 0 Å². The third-order valence-corrected chi connectivity index (χ3v) is 0.823. The van der Waals surface area contributed by atoms with E-state index in [4.69, 9.17) is 15.3 Å². The lowest BCUT2D eigenvalue weighted by Crippen LogP contribution is -2.26. The number of hydrogen-bond acceptors (Lipinski definition) is 3. The zero-order chi connectivity index (χ0) is 6.57. The first-order valence-electron chi connectivity index (χ1n) is 2.32. The van der Waals surface area contributed by atoms with Gasteiger partial charge in [0.15, 0.2) is 0 Å². The molecule has 0 spiro atoms. The average molecular weight is 118 g/mol. The molecule has 2 atom stereocenters. The predicted molar refractivity (Wildman–Crippen MR) is 29.3 cm³/mol. The molecule has 0 aromatic rings. The Balaban J connectivity index is 3.44. The van der Waals surface area contributed by atoms with Gasteiger partial charge in [0.25, 0.3) is 0 Å². The zero-order valence-corrected chi connectivity index (χ0v) is 4.49. The van der Waals surface area contributed by atoms with Gasteiger partial charge in [-0.2, -0.15) is 0 Å². The summed E-state index contributed by atoms with van der Waals surface area (Å²) in [5, 5.41) is 25.3. The van der Waals surface area contributed by atoms with Gasteiger partial charge in [0.1, 0.15) is 6.10 Å². The molecule has 0 rings (SSSR count). The maximum Gasteiger partial charge on any atom is 0.106 e. The van der Waals surface area contributed by atoms with Crippen molar-refractivity contribution < 1.29 is 15.3 Å². The van der Waals surface area contributed by atoms with Crippen LogP contribution in [0.25, 0.3) is 0 Å². The van der Waals surface area contributed by atoms with Crippen molar-refractivity contribution in [3.05, 3.63) is 12.7 Å². The maximum atomic E-state index is 8.60. The van der Waals surface area contributed by atoms with E-state index in [9.17, 15) is 0 Å². The molecular weight excluding hydrogens is 108 g/mol. The van der Waals surface area contributed by atoms with Crippen molar-refractivity contribution in [2.24, 2.45) is 0 Å². The summed E-state index contributed by atoms with van der Waals surface area (Å²) in [5.74, 6) is 0. The van der Waals surface area contributed by atoms with Crippen LogP contribution < -0.4 is 0 Å². The van der Waals surface area contributed by atoms with Gasteiger partial charge in [-0.15, -0.1) is 6.58 Å². The van der Waals surface area contributed by atoms with Gasteiger partial charge in [-0.25, -0.2) is 0 Å². The molecule has 3 heteroatoms. The molecule has 3 nitrogen and oxygen atoms in total. The molecule has 48 valence electrons. The van der Waals surface area contributed by atoms with Crippen LogP contribution in [0, 0.1) is 0 Å². The fourth-order valence-electron chi connectivity index (χ4n) is 0.265. The average Bonchev–Trinajstić information content (AvgIpc) is 1.84. The molecular formula is C5H10O3. The third-order valence-electron chi connectivity index (χ3n) is 0.823. The molecule has 0 aromatic carbocycles. The molecule has 0 aliphatic heterocycles. The Kier molecular flexibility index (Phi) is 3.43. The number of aliphatic hydroxyl groups excluding tert-OH is 3. The van der Waals surface area contributed by atoms with Crippen LogP contribution in [0.15, 0.2) is 12.7 Å². The van der Waals surface area contributed by atoms with Gasteiger partial charge in [0.2, 0.25) is 0 Å². The highest BCUT2D eigenvalue weighted by molar-refractivity contribution is 4.83. The lowest BCUT2D eigenvalue weighted by molar-refractivity contribution is 0.00964. The Morgan fingerprint density at radius 1 is 1.50 bits per heavy atom. The van der Waals surface area contributed by atoms with Crippen LogP contribution >= 0.6 is 0 Å². The Morgan fingerprint density at radius 2 is 2.00 bits per heavy atom. The second-order valence-electron chi connectivity index (χ2n) is 1.48. The molecule has 0 aromatic heterocycles. The normalized spacial score (nSPS) is 17.4. The van der Waals surface area contributed by atoms with E-state index in [1.54, 1.807) is 0 Å². The summed E-state index contributed by atoms with van der Waals surface area (Å²) in [6, 6.07) is 0. The van der Waals surface area contributed by atoms with E-state index >= 15 is 0 Å². The SMILES string of the molecule is C=C[C@H](O)[C@@H](O)CO. The standard InChI is InChI=1S/C5H10O3/c1-2-4(7)5(8)3-6/h2,4-8H,1,3H2/t4-,5-/m0/s1. The van der Waals surface area contributed by atoms with E-state index in [1.807, 2.05) is 0 Å². The third kappa shape index (κ3) is 2.07. The summed E-state index contributed by atoms with van der Waals surface area (Å²) in [7, 11) is 0. The molecule has 0 aliphatic rings. The first-order chi connectivity index (χ1) is 3.72. The maximum absolute atomic E-state index is 8.60. The molecule has 0 saturated heterocycles. The second-order valence-corrected chi connectivity index (χ2v) is 1.48. The Hall–Kier alpha value is -0.380. The number of aliphatic hydroxyl groups is 3. The highest BCUT2D eigenvalue weighted by Crippen LogP contribution is 1.90. The van der Waals surface area contributed by atoms with Gasteiger partial charge in [0, 0.05) is 0 Å². The second kappa shape index (κ2) is 3.60. The van der Waals surface area contributed by atoms with Crippen LogP contribution in [0.3, 0.4) is 0 Å². The van der Waals surface area contributed by atoms with Crippen LogP contribution in [0.2, 0.25) is 0 Å². The Bertz CT molecular complexity index is 72.1. The minimum absolute atomic E-state index is 0.437. The van der Waals surface area contributed by atoms with Gasteiger partial charge >= 0.3 is 0 Å². The van der Waals surface area contributed by atoms with E-state index in [1.165, 1.54) is 6.08 Å². The van der Waals surface area contributed by atoms with Crippen molar-refractivity contribution >= 4 is 0 Å². The first kappa shape index (κ1) is 7.62. The van der Waals surface area contributed by atoms with Gasteiger partial charge in [0.05, 0.1) is 12.7 Å².